The topological polar surface area (TPSA) is 54.4 Å². The molecular formula is C2H4FeO3. The molecule has 0 aliphatic carbocycles. The summed E-state index contributed by atoms with van der Waals surface area (Å²) in [6.45, 7) is 1.08. The van der Waals surface area contributed by atoms with Gasteiger partial charge in [-0.05, 0) is 0 Å². The van der Waals surface area contributed by atoms with Crippen LogP contribution in [0, 0.1) is 0 Å². The van der Waals surface area contributed by atoms with Crippen LogP contribution >= 0.6 is 0 Å². The second-order valence-electron chi connectivity index (χ2n) is 0.519. The van der Waals surface area contributed by atoms with Crippen LogP contribution in [0.2, 0.25) is 0 Å². The second-order valence-corrected chi connectivity index (χ2v) is 0.519. The van der Waals surface area contributed by atoms with Gasteiger partial charge in [-0.1, -0.05) is 0 Å². The maximum absolute atomic E-state index is 9.00. The molecule has 0 unspecified atom stereocenters. The van der Waals surface area contributed by atoms with Gasteiger partial charge in [-0.3, -0.25) is 4.79 Å². The molecule has 0 aliphatic heterocycles. The summed E-state index contributed by atoms with van der Waals surface area (Å²) < 4.78 is 8.00. The number of carbonyl (C=O) groups is 1. The predicted octanol–water partition coefficient (Wildman–Crippen LogP) is -0.0304. The minimum atomic E-state index is -0.833. The van der Waals surface area contributed by atoms with Crippen LogP contribution in [-0.4, -0.2) is 11.1 Å². The zero-order valence-corrected chi connectivity index (χ0v) is 4.22. The zero-order chi connectivity index (χ0) is 5.58. The fourth-order valence-electron chi connectivity index (χ4n) is 0. The van der Waals surface area contributed by atoms with Gasteiger partial charge >= 0.3 is 19.8 Å². The van der Waals surface area contributed by atoms with E-state index in [1.165, 1.54) is 0 Å². The van der Waals surface area contributed by atoms with Crippen LogP contribution in [0.15, 0.2) is 0 Å². The van der Waals surface area contributed by atoms with Crippen LogP contribution in [-0.2, 0) is 24.6 Å². The number of rotatable bonds is 0. The molecule has 6 heavy (non-hydrogen) atoms. The van der Waals surface area contributed by atoms with E-state index in [0.29, 0.717) is 0 Å². The number of hydrogen-bond donors (Lipinski definition) is 1. The van der Waals surface area contributed by atoms with Crippen LogP contribution in [0.1, 0.15) is 6.92 Å². The van der Waals surface area contributed by atoms with Gasteiger partial charge in [-0.2, -0.15) is 0 Å². The fraction of sp³-hybridized carbons (Fsp3) is 0.500. The summed E-state index contributed by atoms with van der Waals surface area (Å²) in [5.41, 5.74) is 0. The van der Waals surface area contributed by atoms with Gasteiger partial charge in [0, 0.05) is 6.92 Å². The van der Waals surface area contributed by atoms with Gasteiger partial charge in [0.25, 0.3) is 5.97 Å². The van der Waals surface area contributed by atoms with Crippen LogP contribution in [0.5, 0.6) is 0 Å². The molecule has 0 aliphatic rings. The Balaban J connectivity index is 0. The van der Waals surface area contributed by atoms with Gasteiger partial charge in [-0.15, -0.1) is 0 Å². The molecule has 0 saturated carbocycles. The van der Waals surface area contributed by atoms with Crippen molar-refractivity contribution in [1.29, 1.82) is 0 Å². The molecule has 0 bridgehead atoms. The third-order valence-electron chi connectivity index (χ3n) is 0. The Morgan fingerprint density at radius 2 is 1.67 bits per heavy atom. The Morgan fingerprint density at radius 1 is 1.67 bits per heavy atom. The van der Waals surface area contributed by atoms with Crippen molar-refractivity contribution in [1.82, 2.24) is 0 Å². The summed E-state index contributed by atoms with van der Waals surface area (Å²) in [7, 11) is 0. The van der Waals surface area contributed by atoms with Crippen LogP contribution < -0.4 is 0 Å². The molecule has 0 spiro atoms. The normalized spacial score (nSPS) is 5.00. The Kier molecular flexibility index (Phi) is 13.6. The van der Waals surface area contributed by atoms with E-state index in [-0.39, 0.29) is 0 Å². The van der Waals surface area contributed by atoms with E-state index in [1.807, 2.05) is 15.9 Å². The van der Waals surface area contributed by atoms with Crippen molar-refractivity contribution in [3.05, 3.63) is 0 Å². The van der Waals surface area contributed by atoms with Crippen molar-refractivity contribution in [2.75, 3.05) is 0 Å². The van der Waals surface area contributed by atoms with Crippen molar-refractivity contribution in [2.24, 2.45) is 0 Å². The first-order valence-electron chi connectivity index (χ1n) is 1.07. The minimum absolute atomic E-state index is 0.833. The first-order valence-corrected chi connectivity index (χ1v) is 1.52. The standard InChI is InChI=1S/C2H4O2.Fe.O/c1-2(3)4;;/h1H3,(H,3,4);;. The number of aliphatic carboxylic acids is 1. The third kappa shape index (κ3) is 665. The molecule has 0 radical (unpaired) electrons. The van der Waals surface area contributed by atoms with Crippen LogP contribution in [0.4, 0.5) is 0 Å². The van der Waals surface area contributed by atoms with Gasteiger partial charge < -0.3 is 5.11 Å². The number of hydrogen-bond acceptors (Lipinski definition) is 2. The van der Waals surface area contributed by atoms with E-state index >= 15 is 0 Å². The molecule has 0 aromatic rings. The monoisotopic (exact) mass is 132 g/mol. The summed E-state index contributed by atoms with van der Waals surface area (Å²) in [5.74, 6) is -0.833. The molecule has 0 rings (SSSR count). The van der Waals surface area contributed by atoms with E-state index in [1.54, 1.807) is 0 Å². The molecule has 38 valence electrons. The van der Waals surface area contributed by atoms with E-state index in [0.717, 1.165) is 6.92 Å². The summed E-state index contributed by atoms with van der Waals surface area (Å²) in [4.78, 5) is 9.00. The SMILES string of the molecule is CC(=O)O.[O]=[Fe]. The predicted molar refractivity (Wildman–Crippen MR) is 14.0 cm³/mol. The van der Waals surface area contributed by atoms with Crippen molar-refractivity contribution in [3.63, 3.8) is 0 Å². The van der Waals surface area contributed by atoms with Gasteiger partial charge in [0.1, 0.15) is 0 Å². The van der Waals surface area contributed by atoms with E-state index in [9.17, 15) is 0 Å². The van der Waals surface area contributed by atoms with E-state index < -0.39 is 5.97 Å². The van der Waals surface area contributed by atoms with Crippen LogP contribution in [0.3, 0.4) is 0 Å². The van der Waals surface area contributed by atoms with Gasteiger partial charge in [0.15, 0.2) is 0 Å². The van der Waals surface area contributed by atoms with Gasteiger partial charge in [0.05, 0.1) is 0 Å². The zero-order valence-electron chi connectivity index (χ0n) is 3.12. The van der Waals surface area contributed by atoms with Crippen molar-refractivity contribution in [3.8, 4) is 0 Å². The Labute approximate surface area is 43.4 Å². The summed E-state index contributed by atoms with van der Waals surface area (Å²) in [5, 5.41) is 7.42. The molecule has 4 heteroatoms. The van der Waals surface area contributed by atoms with Crippen LogP contribution in [0.25, 0.3) is 0 Å². The number of carboxylic acid groups (broad SMARTS) is 1. The molecule has 0 saturated heterocycles. The molecule has 0 heterocycles. The quantitative estimate of drug-likeness (QED) is 0.470. The van der Waals surface area contributed by atoms with E-state index in [2.05, 4.69) is 0 Å². The first kappa shape index (κ1) is 9.25. The molecule has 0 atom stereocenters. The molecule has 0 amide bonds. The summed E-state index contributed by atoms with van der Waals surface area (Å²) in [6, 6.07) is 0. The molecule has 1 N–H and O–H groups in total. The van der Waals surface area contributed by atoms with Gasteiger partial charge in [0.2, 0.25) is 0 Å². The molecule has 0 fully saturated rings. The molecular weight excluding hydrogens is 128 g/mol. The van der Waals surface area contributed by atoms with Crippen molar-refractivity contribution < 1.29 is 29.7 Å². The molecule has 0 aromatic heterocycles. The Bertz CT molecular complexity index is 40.1. The third-order valence-corrected chi connectivity index (χ3v) is 0. The number of carboxylic acids is 1. The Hall–Kier alpha value is -0.211. The maximum atomic E-state index is 9.00. The van der Waals surface area contributed by atoms with Crippen molar-refractivity contribution in [2.45, 2.75) is 6.92 Å². The second kappa shape index (κ2) is 8.84. The summed E-state index contributed by atoms with van der Waals surface area (Å²) in [6.07, 6.45) is 0. The van der Waals surface area contributed by atoms with Crippen molar-refractivity contribution >= 4 is 5.97 Å². The molecule has 0 aromatic carbocycles. The van der Waals surface area contributed by atoms with E-state index in [4.69, 9.17) is 13.7 Å². The average Bonchev–Trinajstić information content (AvgIpc) is 1.41. The first-order chi connectivity index (χ1) is 2.73. The average molecular weight is 132 g/mol. The Morgan fingerprint density at radius 3 is 1.67 bits per heavy atom. The fourth-order valence-corrected chi connectivity index (χ4v) is 0. The molecule has 3 nitrogen and oxygen atoms in total. The summed E-state index contributed by atoms with van der Waals surface area (Å²) >= 11 is 2.00. The van der Waals surface area contributed by atoms with Gasteiger partial charge in [-0.25, -0.2) is 0 Å².